The number of fused-ring (bicyclic) bond motifs is 2. The number of aromatic nitrogens is 2. The van der Waals surface area contributed by atoms with Gasteiger partial charge in [-0.3, -0.25) is 9.48 Å². The van der Waals surface area contributed by atoms with Gasteiger partial charge in [0.25, 0.3) is 5.91 Å². The van der Waals surface area contributed by atoms with Crippen molar-refractivity contribution in [2.75, 3.05) is 24.7 Å². The Labute approximate surface area is 169 Å². The third kappa shape index (κ3) is 3.24. The van der Waals surface area contributed by atoms with Crippen LogP contribution in [0, 0.1) is 0 Å². The van der Waals surface area contributed by atoms with Crippen LogP contribution in [-0.2, 0) is 13.5 Å². The van der Waals surface area contributed by atoms with Crippen LogP contribution in [0.3, 0.4) is 0 Å². The molecule has 0 N–H and O–H groups in total. The zero-order valence-electron chi connectivity index (χ0n) is 16.4. The lowest BCUT2D eigenvalue weighted by Gasteiger charge is -2.29. The maximum absolute atomic E-state index is 13.5. The van der Waals surface area contributed by atoms with Crippen LogP contribution in [-0.4, -0.2) is 35.4 Å². The number of ether oxygens (including phenoxy) is 2. The van der Waals surface area contributed by atoms with Crippen LogP contribution in [0.2, 0.25) is 0 Å². The van der Waals surface area contributed by atoms with E-state index in [0.29, 0.717) is 36.8 Å². The molecule has 0 saturated heterocycles. The Bertz CT molecular complexity index is 1070. The molecule has 3 aromatic rings. The zero-order valence-corrected chi connectivity index (χ0v) is 16.4. The van der Waals surface area contributed by atoms with Gasteiger partial charge in [0, 0.05) is 37.5 Å². The van der Waals surface area contributed by atoms with Crippen LogP contribution in [0.1, 0.15) is 28.8 Å². The molecule has 2 aromatic carbocycles. The second-order valence-electron chi connectivity index (χ2n) is 7.47. The molecule has 0 unspecified atom stereocenters. The lowest BCUT2D eigenvalue weighted by Crippen LogP contribution is -2.35. The SMILES string of the molecule is Cn1cc(C(=O)N2CCCc3ccccc32)c(-c2ccc3c(c2)OCCCO3)n1. The summed E-state index contributed by atoms with van der Waals surface area (Å²) in [6.07, 6.45) is 4.62. The molecule has 2 aliphatic heterocycles. The zero-order chi connectivity index (χ0) is 19.8. The minimum Gasteiger partial charge on any atom is -0.490 e. The molecule has 3 heterocycles. The molecule has 148 valence electrons. The van der Waals surface area contributed by atoms with Gasteiger partial charge in [-0.2, -0.15) is 5.10 Å². The third-order valence-corrected chi connectivity index (χ3v) is 5.44. The molecule has 0 spiro atoms. The lowest BCUT2D eigenvalue weighted by molar-refractivity contribution is 0.0985. The van der Waals surface area contributed by atoms with Crippen molar-refractivity contribution in [3.63, 3.8) is 0 Å². The number of hydrogen-bond donors (Lipinski definition) is 0. The standard InChI is InChI=1S/C23H23N3O3/c1-25-15-18(23(27)26-11-4-7-16-6-2-3-8-19(16)26)22(24-25)17-9-10-20-21(14-17)29-13-5-12-28-20/h2-3,6,8-10,14-15H,4-5,7,11-13H2,1H3. The van der Waals surface area contributed by atoms with E-state index in [1.807, 2.05) is 48.3 Å². The van der Waals surface area contributed by atoms with Gasteiger partial charge in [-0.25, -0.2) is 0 Å². The molecule has 1 amide bonds. The first kappa shape index (κ1) is 17.8. The van der Waals surface area contributed by atoms with Gasteiger partial charge in [0.05, 0.1) is 18.8 Å². The maximum Gasteiger partial charge on any atom is 0.262 e. The Morgan fingerprint density at radius 2 is 1.86 bits per heavy atom. The van der Waals surface area contributed by atoms with Crippen molar-refractivity contribution >= 4 is 11.6 Å². The van der Waals surface area contributed by atoms with Crippen molar-refractivity contribution in [3.05, 3.63) is 59.8 Å². The summed E-state index contributed by atoms with van der Waals surface area (Å²) in [5.41, 5.74) is 4.32. The molecule has 5 rings (SSSR count). The van der Waals surface area contributed by atoms with Gasteiger partial charge >= 0.3 is 0 Å². The molecule has 1 aromatic heterocycles. The van der Waals surface area contributed by atoms with Gasteiger partial charge in [0.2, 0.25) is 0 Å². The lowest BCUT2D eigenvalue weighted by atomic mass is 10.00. The Morgan fingerprint density at radius 1 is 1.03 bits per heavy atom. The fraction of sp³-hybridized carbons (Fsp3) is 0.304. The van der Waals surface area contributed by atoms with Crippen molar-refractivity contribution < 1.29 is 14.3 Å². The predicted octanol–water partition coefficient (Wildman–Crippen LogP) is 3.84. The van der Waals surface area contributed by atoms with Crippen molar-refractivity contribution in [2.45, 2.75) is 19.3 Å². The number of anilines is 1. The maximum atomic E-state index is 13.5. The van der Waals surface area contributed by atoms with Crippen molar-refractivity contribution in [2.24, 2.45) is 7.05 Å². The second-order valence-corrected chi connectivity index (χ2v) is 7.47. The summed E-state index contributed by atoms with van der Waals surface area (Å²) >= 11 is 0. The molecule has 0 fully saturated rings. The largest absolute Gasteiger partial charge is 0.490 e. The average molecular weight is 389 g/mol. The molecule has 0 saturated carbocycles. The number of benzene rings is 2. The Morgan fingerprint density at radius 3 is 2.76 bits per heavy atom. The number of carbonyl (C=O) groups is 1. The summed E-state index contributed by atoms with van der Waals surface area (Å²) in [7, 11) is 1.84. The summed E-state index contributed by atoms with van der Waals surface area (Å²) in [5, 5.41) is 4.60. The van der Waals surface area contributed by atoms with Crippen LogP contribution in [0.5, 0.6) is 11.5 Å². The summed E-state index contributed by atoms with van der Waals surface area (Å²) in [6, 6.07) is 13.9. The highest BCUT2D eigenvalue weighted by molar-refractivity contribution is 6.10. The summed E-state index contributed by atoms with van der Waals surface area (Å²) in [6.45, 7) is 1.98. The van der Waals surface area contributed by atoms with Gasteiger partial charge in [-0.1, -0.05) is 18.2 Å². The first-order chi connectivity index (χ1) is 14.2. The first-order valence-corrected chi connectivity index (χ1v) is 10.0. The van der Waals surface area contributed by atoms with E-state index >= 15 is 0 Å². The molecule has 0 aliphatic carbocycles. The van der Waals surface area contributed by atoms with Gasteiger partial charge < -0.3 is 14.4 Å². The minimum atomic E-state index is -0.0210. The molecule has 0 bridgehead atoms. The topological polar surface area (TPSA) is 56.6 Å². The molecule has 6 nitrogen and oxygen atoms in total. The Kier molecular flexibility index (Phi) is 4.46. The van der Waals surface area contributed by atoms with E-state index in [1.54, 1.807) is 10.9 Å². The van der Waals surface area contributed by atoms with Crippen LogP contribution in [0.15, 0.2) is 48.7 Å². The number of hydrogen-bond acceptors (Lipinski definition) is 4. The summed E-state index contributed by atoms with van der Waals surface area (Å²) in [5.74, 6) is 1.42. The molecule has 6 heteroatoms. The van der Waals surface area contributed by atoms with Crippen molar-refractivity contribution in [1.29, 1.82) is 0 Å². The van der Waals surface area contributed by atoms with Crippen LogP contribution in [0.4, 0.5) is 5.69 Å². The number of rotatable bonds is 2. The molecule has 0 radical (unpaired) electrons. The van der Waals surface area contributed by atoms with Gasteiger partial charge in [0.15, 0.2) is 11.5 Å². The Balaban J connectivity index is 1.54. The van der Waals surface area contributed by atoms with Crippen LogP contribution < -0.4 is 14.4 Å². The monoisotopic (exact) mass is 389 g/mol. The fourth-order valence-electron chi connectivity index (χ4n) is 4.06. The van der Waals surface area contributed by atoms with E-state index in [2.05, 4.69) is 11.2 Å². The van der Waals surface area contributed by atoms with Gasteiger partial charge in [0.1, 0.15) is 5.69 Å². The smallest absolute Gasteiger partial charge is 0.262 e. The number of carbonyl (C=O) groups excluding carboxylic acids is 1. The quantitative estimate of drug-likeness (QED) is 0.668. The predicted molar refractivity (Wildman–Crippen MR) is 111 cm³/mol. The third-order valence-electron chi connectivity index (χ3n) is 5.44. The number of amides is 1. The second kappa shape index (κ2) is 7.28. The average Bonchev–Trinajstić information content (AvgIpc) is 2.99. The number of para-hydroxylation sites is 1. The summed E-state index contributed by atoms with van der Waals surface area (Å²) < 4.78 is 13.3. The van der Waals surface area contributed by atoms with E-state index in [1.165, 1.54) is 5.56 Å². The van der Waals surface area contributed by atoms with E-state index < -0.39 is 0 Å². The van der Waals surface area contributed by atoms with Gasteiger partial charge in [-0.15, -0.1) is 0 Å². The Hall–Kier alpha value is -3.28. The van der Waals surface area contributed by atoms with E-state index in [4.69, 9.17) is 9.47 Å². The van der Waals surface area contributed by atoms with Gasteiger partial charge in [-0.05, 0) is 42.7 Å². The highest BCUT2D eigenvalue weighted by Gasteiger charge is 2.27. The minimum absolute atomic E-state index is 0.0210. The normalized spacial score (nSPS) is 15.6. The fourth-order valence-corrected chi connectivity index (χ4v) is 4.06. The van der Waals surface area contributed by atoms with Crippen molar-refractivity contribution in [1.82, 2.24) is 9.78 Å². The number of nitrogens with zero attached hydrogens (tertiary/aromatic N) is 3. The molecule has 0 atom stereocenters. The number of aryl methyl sites for hydroxylation is 2. The van der Waals surface area contributed by atoms with E-state index in [9.17, 15) is 4.79 Å². The van der Waals surface area contributed by atoms with Crippen LogP contribution in [0.25, 0.3) is 11.3 Å². The summed E-state index contributed by atoms with van der Waals surface area (Å²) in [4.78, 5) is 15.4. The molecular weight excluding hydrogens is 366 g/mol. The van der Waals surface area contributed by atoms with E-state index in [0.717, 1.165) is 36.3 Å². The highest BCUT2D eigenvalue weighted by atomic mass is 16.5. The molecular formula is C23H23N3O3. The highest BCUT2D eigenvalue weighted by Crippen LogP contribution is 2.36. The molecule has 2 aliphatic rings. The van der Waals surface area contributed by atoms with Crippen LogP contribution >= 0.6 is 0 Å². The van der Waals surface area contributed by atoms with E-state index in [-0.39, 0.29) is 5.91 Å². The first-order valence-electron chi connectivity index (χ1n) is 10.0. The molecule has 29 heavy (non-hydrogen) atoms. The van der Waals surface area contributed by atoms with Crippen molar-refractivity contribution in [3.8, 4) is 22.8 Å².